The van der Waals surface area contributed by atoms with E-state index in [0.29, 0.717) is 23.9 Å². The maximum absolute atomic E-state index is 12.6. The van der Waals surface area contributed by atoms with Crippen molar-refractivity contribution in [3.63, 3.8) is 0 Å². The summed E-state index contributed by atoms with van der Waals surface area (Å²) in [5, 5.41) is 0. The van der Waals surface area contributed by atoms with E-state index in [-0.39, 0.29) is 25.6 Å². The van der Waals surface area contributed by atoms with Crippen molar-refractivity contribution in [1.29, 1.82) is 0 Å². The second kappa shape index (κ2) is 33.6. The van der Waals surface area contributed by atoms with Crippen LogP contribution in [0.3, 0.4) is 0 Å². The minimum absolute atomic E-state index is 0.0344. The van der Waals surface area contributed by atoms with Gasteiger partial charge in [0, 0.05) is 12.8 Å². The molecule has 0 rings (SSSR count). The van der Waals surface area contributed by atoms with Crippen LogP contribution in [0.1, 0.15) is 181 Å². The third-order valence-corrected chi connectivity index (χ3v) is 9.78. The molecule has 0 saturated carbocycles. The Morgan fingerprint density at radius 3 is 1.54 bits per heavy atom. The number of hydrogen-bond donors (Lipinski definition) is 1. The minimum atomic E-state index is -4.36. The fraction of sp³-hybridized carbons (Fsp3) is 0.900. The largest absolute Gasteiger partial charge is 0.472 e. The molecule has 0 aliphatic heterocycles. The van der Waals surface area contributed by atoms with Crippen molar-refractivity contribution in [2.75, 3.05) is 47.5 Å². The molecule has 0 aliphatic carbocycles. The van der Waals surface area contributed by atoms with Crippen molar-refractivity contribution in [2.45, 2.75) is 187 Å². The summed E-state index contributed by atoms with van der Waals surface area (Å²) in [6.45, 7) is 4.39. The Kier molecular flexibility index (Phi) is 32.7. The predicted molar refractivity (Wildman–Crippen MR) is 206 cm³/mol. The van der Waals surface area contributed by atoms with Crippen LogP contribution >= 0.6 is 7.82 Å². The molecule has 1 unspecified atom stereocenters. The molecular formula is C40H79NO8P+. The van der Waals surface area contributed by atoms with Gasteiger partial charge in [0.25, 0.3) is 0 Å². The smallest absolute Gasteiger partial charge is 0.462 e. The molecule has 50 heavy (non-hydrogen) atoms. The molecule has 0 radical (unpaired) electrons. The highest BCUT2D eigenvalue weighted by Crippen LogP contribution is 2.43. The van der Waals surface area contributed by atoms with Crippen LogP contribution in [0.5, 0.6) is 0 Å². The first kappa shape index (κ1) is 48.8. The van der Waals surface area contributed by atoms with Crippen LogP contribution in [0, 0.1) is 0 Å². The predicted octanol–water partition coefficient (Wildman–Crippen LogP) is 11.0. The number of carbonyl (C=O) groups excluding carboxylic acids is 2. The molecule has 296 valence electrons. The summed E-state index contributed by atoms with van der Waals surface area (Å²) in [7, 11) is 1.48. The standard InChI is InChI=1S/C40H78NO8P/c1-6-8-10-12-14-16-18-19-20-21-23-24-26-28-30-32-39(42)46-36-38(37-48-50(44,45)47-35-34-41(3,4)5)49-40(43)33-31-29-27-25-22-17-15-13-11-9-7-2/h12,14,38H,6-11,13,15-37H2,1-5H3/p+1/b14-12+/t38-/m1/s1. The molecular weight excluding hydrogens is 653 g/mol. The molecule has 0 fully saturated rings. The van der Waals surface area contributed by atoms with Crippen LogP contribution in [0.25, 0.3) is 0 Å². The van der Waals surface area contributed by atoms with Gasteiger partial charge in [-0.1, -0.05) is 148 Å². The quantitative estimate of drug-likeness (QED) is 0.0221. The van der Waals surface area contributed by atoms with Crippen molar-refractivity contribution in [3.05, 3.63) is 12.2 Å². The number of unbranched alkanes of at least 4 members (excludes halogenated alkanes) is 21. The van der Waals surface area contributed by atoms with E-state index in [1.54, 1.807) is 0 Å². The van der Waals surface area contributed by atoms with Gasteiger partial charge in [-0.3, -0.25) is 18.6 Å². The fourth-order valence-corrected chi connectivity index (χ4v) is 6.27. The Labute approximate surface area is 307 Å². The highest BCUT2D eigenvalue weighted by molar-refractivity contribution is 7.47. The van der Waals surface area contributed by atoms with Crippen LogP contribution in [-0.2, 0) is 32.7 Å². The van der Waals surface area contributed by atoms with Crippen molar-refractivity contribution < 1.29 is 42.1 Å². The monoisotopic (exact) mass is 733 g/mol. The molecule has 0 aromatic rings. The second-order valence-corrected chi connectivity index (χ2v) is 16.5. The van der Waals surface area contributed by atoms with Gasteiger partial charge < -0.3 is 18.9 Å². The number of rotatable bonds is 37. The van der Waals surface area contributed by atoms with Gasteiger partial charge in [-0.2, -0.15) is 0 Å². The van der Waals surface area contributed by atoms with E-state index in [2.05, 4.69) is 26.0 Å². The first-order valence-corrected chi connectivity index (χ1v) is 21.9. The zero-order valence-electron chi connectivity index (χ0n) is 33.1. The first-order chi connectivity index (χ1) is 24.0. The second-order valence-electron chi connectivity index (χ2n) is 15.0. The lowest BCUT2D eigenvalue weighted by Gasteiger charge is -2.24. The summed E-state index contributed by atoms with van der Waals surface area (Å²) >= 11 is 0. The van der Waals surface area contributed by atoms with Crippen LogP contribution in [0.15, 0.2) is 12.2 Å². The van der Waals surface area contributed by atoms with Crippen LogP contribution in [0.4, 0.5) is 0 Å². The highest BCUT2D eigenvalue weighted by atomic mass is 31.2. The number of esters is 2. The third kappa shape index (κ3) is 36.5. The van der Waals surface area contributed by atoms with Crippen LogP contribution in [-0.4, -0.2) is 74.9 Å². The Morgan fingerprint density at radius 1 is 0.600 bits per heavy atom. The van der Waals surface area contributed by atoms with Gasteiger partial charge in [-0.05, 0) is 32.1 Å². The van der Waals surface area contributed by atoms with E-state index in [0.717, 1.165) is 32.1 Å². The van der Waals surface area contributed by atoms with Gasteiger partial charge in [0.05, 0.1) is 27.7 Å². The molecule has 0 spiro atoms. The molecule has 2 atom stereocenters. The lowest BCUT2D eigenvalue weighted by Crippen LogP contribution is -2.37. The molecule has 10 heteroatoms. The van der Waals surface area contributed by atoms with Crippen molar-refractivity contribution in [1.82, 2.24) is 0 Å². The van der Waals surface area contributed by atoms with Crippen molar-refractivity contribution in [2.24, 2.45) is 0 Å². The van der Waals surface area contributed by atoms with Crippen molar-refractivity contribution >= 4 is 19.8 Å². The molecule has 0 aliphatic rings. The Morgan fingerprint density at radius 2 is 1.04 bits per heavy atom. The van der Waals surface area contributed by atoms with E-state index in [9.17, 15) is 19.0 Å². The number of allylic oxidation sites excluding steroid dienone is 2. The molecule has 0 saturated heterocycles. The maximum atomic E-state index is 12.6. The number of likely N-dealkylation sites (N-methyl/N-ethyl adjacent to an activating group) is 1. The molecule has 0 heterocycles. The molecule has 0 aromatic heterocycles. The zero-order chi connectivity index (χ0) is 37.2. The van der Waals surface area contributed by atoms with Crippen molar-refractivity contribution in [3.8, 4) is 0 Å². The fourth-order valence-electron chi connectivity index (χ4n) is 5.52. The van der Waals surface area contributed by atoms with Gasteiger partial charge in [0.2, 0.25) is 0 Å². The number of carbonyl (C=O) groups is 2. The van der Waals surface area contributed by atoms with Gasteiger partial charge in [-0.25, -0.2) is 4.57 Å². The van der Waals surface area contributed by atoms with E-state index >= 15 is 0 Å². The highest BCUT2D eigenvalue weighted by Gasteiger charge is 2.27. The van der Waals surface area contributed by atoms with Gasteiger partial charge in [-0.15, -0.1) is 0 Å². The maximum Gasteiger partial charge on any atom is 0.472 e. The number of ether oxygens (including phenoxy) is 2. The third-order valence-electron chi connectivity index (χ3n) is 8.80. The summed E-state index contributed by atoms with van der Waals surface area (Å²) in [5.74, 6) is -0.796. The molecule has 9 nitrogen and oxygen atoms in total. The number of phosphoric acid groups is 1. The summed E-state index contributed by atoms with van der Waals surface area (Å²) in [6, 6.07) is 0. The van der Waals surface area contributed by atoms with E-state index < -0.39 is 26.5 Å². The Hall–Kier alpha value is -1.25. The Bertz CT molecular complexity index is 876. The Balaban J connectivity index is 4.36. The summed E-state index contributed by atoms with van der Waals surface area (Å²) in [5.41, 5.74) is 0. The van der Waals surface area contributed by atoms with Gasteiger partial charge in [0.1, 0.15) is 19.8 Å². The summed E-state index contributed by atoms with van der Waals surface area (Å²) < 4.78 is 34.2. The number of nitrogens with zero attached hydrogens (tertiary/aromatic N) is 1. The minimum Gasteiger partial charge on any atom is -0.462 e. The average Bonchev–Trinajstić information content (AvgIpc) is 3.06. The molecule has 0 bridgehead atoms. The summed E-state index contributed by atoms with van der Waals surface area (Å²) in [4.78, 5) is 35.2. The topological polar surface area (TPSA) is 108 Å². The number of phosphoric ester groups is 1. The first-order valence-electron chi connectivity index (χ1n) is 20.4. The molecule has 0 aromatic carbocycles. The normalized spacial score (nSPS) is 13.8. The average molecular weight is 733 g/mol. The molecule has 0 amide bonds. The van der Waals surface area contributed by atoms with Gasteiger partial charge in [0.15, 0.2) is 6.10 Å². The zero-order valence-corrected chi connectivity index (χ0v) is 34.0. The SMILES string of the molecule is CCCC/C=C/CCCCCCCCCCCC(=O)OC[C@H](COP(=O)(O)OCC[N+](C)(C)C)OC(=O)CCCCCCCCCCCCC. The lowest BCUT2D eigenvalue weighted by molar-refractivity contribution is -0.870. The lowest BCUT2D eigenvalue weighted by atomic mass is 10.1. The van der Waals surface area contributed by atoms with E-state index in [1.807, 2.05) is 21.1 Å². The number of quaternary nitrogens is 1. The van der Waals surface area contributed by atoms with E-state index in [4.69, 9.17) is 18.5 Å². The van der Waals surface area contributed by atoms with Crippen LogP contribution < -0.4 is 0 Å². The van der Waals surface area contributed by atoms with E-state index in [1.165, 1.54) is 116 Å². The van der Waals surface area contributed by atoms with Crippen LogP contribution in [0.2, 0.25) is 0 Å². The van der Waals surface area contributed by atoms with Gasteiger partial charge >= 0.3 is 19.8 Å². The molecule has 1 N–H and O–H groups in total. The summed E-state index contributed by atoms with van der Waals surface area (Å²) in [6.07, 6.45) is 32.5. The number of hydrogen-bond acceptors (Lipinski definition) is 7.